The number of carbonyl (C=O) groups excluding carboxylic acids is 1. The number of rotatable bonds is 5. The summed E-state index contributed by atoms with van der Waals surface area (Å²) in [5.74, 6) is 0.790. The lowest BCUT2D eigenvalue weighted by atomic mass is 10.1. The predicted molar refractivity (Wildman–Crippen MR) is 81.2 cm³/mol. The molecule has 0 aliphatic heterocycles. The predicted octanol–water partition coefficient (Wildman–Crippen LogP) is 2.58. The summed E-state index contributed by atoms with van der Waals surface area (Å²) in [6.07, 6.45) is 2.49. The van der Waals surface area contributed by atoms with Crippen LogP contribution in [-0.2, 0) is 0 Å². The highest BCUT2D eigenvalue weighted by atomic mass is 32.1. The number of benzene rings is 1. The van der Waals surface area contributed by atoms with E-state index < -0.39 is 0 Å². The van der Waals surface area contributed by atoms with Gasteiger partial charge in [0, 0.05) is 23.7 Å². The summed E-state index contributed by atoms with van der Waals surface area (Å²) in [6, 6.07) is 7.46. The first-order valence-corrected chi connectivity index (χ1v) is 7.10. The maximum Gasteiger partial charge on any atom is 0.254 e. The Labute approximate surface area is 119 Å². The Kier molecular flexibility index (Phi) is 4.20. The molecule has 2 N–H and O–H groups in total. The Hall–Kier alpha value is -1.42. The molecule has 1 aliphatic rings. The minimum absolute atomic E-state index is 0.0939. The van der Waals surface area contributed by atoms with Gasteiger partial charge in [0.05, 0.1) is 0 Å². The zero-order chi connectivity index (χ0) is 14.0. The highest BCUT2D eigenvalue weighted by molar-refractivity contribution is 7.80. The molecule has 4 heteroatoms. The van der Waals surface area contributed by atoms with E-state index in [1.807, 2.05) is 17.0 Å². The molecule has 3 nitrogen and oxygen atoms in total. The molecule has 0 heterocycles. The van der Waals surface area contributed by atoms with E-state index in [0.717, 1.165) is 12.1 Å². The number of nitrogens with two attached hydrogens (primary N) is 1. The van der Waals surface area contributed by atoms with Crippen LogP contribution in [0.15, 0.2) is 24.3 Å². The average Bonchev–Trinajstić information content (AvgIpc) is 3.19. The molecular weight excluding hydrogens is 256 g/mol. The van der Waals surface area contributed by atoms with Crippen molar-refractivity contribution in [1.29, 1.82) is 0 Å². The standard InChI is InChI=1S/C15H20N2OS/c1-10(2)17(9-11-3-4-11)15(18)13-7-5-12(6-8-13)14(16)19/h5-8,10-11H,3-4,9H2,1-2H3,(H2,16,19). The highest BCUT2D eigenvalue weighted by Crippen LogP contribution is 2.30. The average molecular weight is 276 g/mol. The van der Waals surface area contributed by atoms with Gasteiger partial charge in [0.1, 0.15) is 4.99 Å². The van der Waals surface area contributed by atoms with Crippen LogP contribution in [-0.4, -0.2) is 28.4 Å². The Morgan fingerprint density at radius 3 is 2.26 bits per heavy atom. The van der Waals surface area contributed by atoms with Crippen LogP contribution in [0.3, 0.4) is 0 Å². The molecule has 1 aliphatic carbocycles. The van der Waals surface area contributed by atoms with Gasteiger partial charge in [0.2, 0.25) is 0 Å². The van der Waals surface area contributed by atoms with Crippen LogP contribution in [0.25, 0.3) is 0 Å². The largest absolute Gasteiger partial charge is 0.389 e. The van der Waals surface area contributed by atoms with Crippen LogP contribution in [0.5, 0.6) is 0 Å². The van der Waals surface area contributed by atoms with Crippen LogP contribution < -0.4 is 5.73 Å². The fraction of sp³-hybridized carbons (Fsp3) is 0.467. The van der Waals surface area contributed by atoms with Crippen molar-refractivity contribution in [2.45, 2.75) is 32.7 Å². The monoisotopic (exact) mass is 276 g/mol. The molecule has 1 aromatic carbocycles. The SMILES string of the molecule is CC(C)N(CC1CC1)C(=O)c1ccc(C(N)=S)cc1. The van der Waals surface area contributed by atoms with Crippen LogP contribution in [0.2, 0.25) is 0 Å². The van der Waals surface area contributed by atoms with Gasteiger partial charge < -0.3 is 10.6 Å². The molecule has 0 saturated heterocycles. The fourth-order valence-corrected chi connectivity index (χ4v) is 2.19. The van der Waals surface area contributed by atoms with Crippen molar-refractivity contribution in [3.63, 3.8) is 0 Å². The second-order valence-corrected chi connectivity index (χ2v) is 5.88. The van der Waals surface area contributed by atoms with Crippen LogP contribution in [0, 0.1) is 5.92 Å². The summed E-state index contributed by atoms with van der Waals surface area (Å²) < 4.78 is 0. The summed E-state index contributed by atoms with van der Waals surface area (Å²) in [5.41, 5.74) is 7.06. The quantitative estimate of drug-likeness (QED) is 0.841. The van der Waals surface area contributed by atoms with Crippen LogP contribution in [0.1, 0.15) is 42.6 Å². The van der Waals surface area contributed by atoms with Gasteiger partial charge in [-0.15, -0.1) is 0 Å². The van der Waals surface area contributed by atoms with Gasteiger partial charge in [-0.05, 0) is 44.7 Å². The maximum atomic E-state index is 12.5. The van der Waals surface area contributed by atoms with E-state index in [0.29, 0.717) is 16.5 Å². The molecule has 0 aromatic heterocycles. The molecule has 102 valence electrons. The van der Waals surface area contributed by atoms with E-state index in [1.54, 1.807) is 12.1 Å². The van der Waals surface area contributed by atoms with Crippen molar-refractivity contribution < 1.29 is 4.79 Å². The summed E-state index contributed by atoms with van der Waals surface area (Å²) >= 11 is 4.91. The lowest BCUT2D eigenvalue weighted by Gasteiger charge is -2.27. The summed E-state index contributed by atoms with van der Waals surface area (Å²) in [4.78, 5) is 14.8. The van der Waals surface area contributed by atoms with E-state index >= 15 is 0 Å². The molecule has 0 spiro atoms. The Morgan fingerprint density at radius 1 is 1.32 bits per heavy atom. The Bertz CT molecular complexity index is 477. The number of amides is 1. The van der Waals surface area contributed by atoms with Crippen LogP contribution in [0.4, 0.5) is 0 Å². The third-order valence-corrected chi connectivity index (χ3v) is 3.69. The van der Waals surface area contributed by atoms with Crippen LogP contribution >= 0.6 is 12.2 Å². The van der Waals surface area contributed by atoms with E-state index in [1.165, 1.54) is 12.8 Å². The minimum Gasteiger partial charge on any atom is -0.389 e. The summed E-state index contributed by atoms with van der Waals surface area (Å²) in [5, 5.41) is 0. The Morgan fingerprint density at radius 2 is 1.84 bits per heavy atom. The first-order chi connectivity index (χ1) is 8.99. The van der Waals surface area contributed by atoms with Crippen molar-refractivity contribution in [2.24, 2.45) is 11.7 Å². The molecular formula is C15H20N2OS. The molecule has 0 unspecified atom stereocenters. The van der Waals surface area contributed by atoms with E-state index in [2.05, 4.69) is 13.8 Å². The molecule has 1 fully saturated rings. The highest BCUT2D eigenvalue weighted by Gasteiger charge is 2.28. The van der Waals surface area contributed by atoms with Crippen molar-refractivity contribution in [3.8, 4) is 0 Å². The molecule has 2 rings (SSSR count). The van der Waals surface area contributed by atoms with E-state index in [4.69, 9.17) is 18.0 Å². The summed E-state index contributed by atoms with van der Waals surface area (Å²) in [6.45, 7) is 4.99. The lowest BCUT2D eigenvalue weighted by molar-refractivity contribution is 0.0696. The normalized spacial score (nSPS) is 14.5. The van der Waals surface area contributed by atoms with Gasteiger partial charge in [-0.2, -0.15) is 0 Å². The van der Waals surface area contributed by atoms with Crippen molar-refractivity contribution in [1.82, 2.24) is 4.90 Å². The summed E-state index contributed by atoms with van der Waals surface area (Å²) in [7, 11) is 0. The van der Waals surface area contributed by atoms with Gasteiger partial charge in [0.15, 0.2) is 0 Å². The van der Waals surface area contributed by atoms with E-state index in [-0.39, 0.29) is 11.9 Å². The third-order valence-electron chi connectivity index (χ3n) is 3.45. The Balaban J connectivity index is 2.13. The number of hydrogen-bond donors (Lipinski definition) is 1. The maximum absolute atomic E-state index is 12.5. The molecule has 19 heavy (non-hydrogen) atoms. The smallest absolute Gasteiger partial charge is 0.254 e. The lowest BCUT2D eigenvalue weighted by Crippen LogP contribution is -2.38. The molecule has 1 saturated carbocycles. The number of hydrogen-bond acceptors (Lipinski definition) is 2. The third kappa shape index (κ3) is 3.53. The molecule has 1 amide bonds. The number of carbonyl (C=O) groups is 1. The van der Waals surface area contributed by atoms with Gasteiger partial charge in [-0.1, -0.05) is 24.4 Å². The minimum atomic E-state index is 0.0939. The zero-order valence-electron chi connectivity index (χ0n) is 11.4. The molecule has 0 atom stereocenters. The molecule has 0 radical (unpaired) electrons. The van der Waals surface area contributed by atoms with Gasteiger partial charge in [-0.25, -0.2) is 0 Å². The van der Waals surface area contributed by atoms with Gasteiger partial charge in [0.25, 0.3) is 5.91 Å². The fourth-order valence-electron chi connectivity index (χ4n) is 2.05. The molecule has 1 aromatic rings. The topological polar surface area (TPSA) is 46.3 Å². The zero-order valence-corrected chi connectivity index (χ0v) is 12.2. The van der Waals surface area contributed by atoms with Crippen molar-refractivity contribution in [3.05, 3.63) is 35.4 Å². The van der Waals surface area contributed by atoms with Crippen molar-refractivity contribution in [2.75, 3.05) is 6.54 Å². The number of nitrogens with zero attached hydrogens (tertiary/aromatic N) is 1. The molecule has 0 bridgehead atoms. The second-order valence-electron chi connectivity index (χ2n) is 5.44. The second kappa shape index (κ2) is 5.70. The van der Waals surface area contributed by atoms with Crippen molar-refractivity contribution >= 4 is 23.1 Å². The number of thiocarbonyl (C=S) groups is 1. The first kappa shape index (κ1) is 14.0. The van der Waals surface area contributed by atoms with E-state index in [9.17, 15) is 4.79 Å². The van der Waals surface area contributed by atoms with Gasteiger partial charge in [-0.3, -0.25) is 4.79 Å². The first-order valence-electron chi connectivity index (χ1n) is 6.70. The van der Waals surface area contributed by atoms with Gasteiger partial charge >= 0.3 is 0 Å².